The van der Waals surface area contributed by atoms with Gasteiger partial charge in [0, 0.05) is 50.5 Å². The number of rotatable bonds is 5. The highest BCUT2D eigenvalue weighted by Crippen LogP contribution is 2.11. The zero-order chi connectivity index (χ0) is 15.2. The lowest BCUT2D eigenvalue weighted by atomic mass is 10.1. The van der Waals surface area contributed by atoms with Gasteiger partial charge in [0.2, 0.25) is 0 Å². The molecule has 0 aromatic carbocycles. The van der Waals surface area contributed by atoms with Crippen LogP contribution in [-0.2, 0) is 6.42 Å². The number of carbonyl (C=O) groups excluding carboxylic acids is 1. The Labute approximate surface area is 128 Å². The van der Waals surface area contributed by atoms with Crippen LogP contribution in [0.15, 0.2) is 36.1 Å². The molecule has 0 spiro atoms. The van der Waals surface area contributed by atoms with Gasteiger partial charge < -0.3 is 4.90 Å². The van der Waals surface area contributed by atoms with E-state index in [0.717, 1.165) is 5.69 Å². The first kappa shape index (κ1) is 15.4. The minimum atomic E-state index is -0.0981. The van der Waals surface area contributed by atoms with Gasteiger partial charge in [0.1, 0.15) is 0 Å². The molecule has 0 bridgehead atoms. The third-order valence-electron chi connectivity index (χ3n) is 3.16. The Morgan fingerprint density at radius 1 is 1.24 bits per heavy atom. The number of carbonyl (C=O) groups is 1. The highest BCUT2D eigenvalue weighted by molar-refractivity contribution is 7.98. The van der Waals surface area contributed by atoms with E-state index in [1.807, 2.05) is 13.2 Å². The Balaban J connectivity index is 2.03. The van der Waals surface area contributed by atoms with E-state index >= 15 is 0 Å². The van der Waals surface area contributed by atoms with E-state index in [2.05, 4.69) is 19.9 Å². The third kappa shape index (κ3) is 3.98. The van der Waals surface area contributed by atoms with E-state index in [9.17, 15) is 4.79 Å². The third-order valence-corrected chi connectivity index (χ3v) is 3.74. The van der Waals surface area contributed by atoms with Gasteiger partial charge in [-0.1, -0.05) is 11.8 Å². The lowest BCUT2D eigenvalue weighted by Gasteiger charge is -2.24. The predicted molar refractivity (Wildman–Crippen MR) is 81.1 cm³/mol. The second-order valence-corrected chi connectivity index (χ2v) is 5.40. The molecule has 2 rings (SSSR count). The van der Waals surface area contributed by atoms with Crippen molar-refractivity contribution in [3.63, 3.8) is 0 Å². The molecular weight excluding hydrogens is 286 g/mol. The fourth-order valence-corrected chi connectivity index (χ4v) is 2.13. The monoisotopic (exact) mass is 303 g/mol. The van der Waals surface area contributed by atoms with Crippen molar-refractivity contribution >= 4 is 17.7 Å². The van der Waals surface area contributed by atoms with Gasteiger partial charge in [0.25, 0.3) is 5.91 Å². The summed E-state index contributed by atoms with van der Waals surface area (Å²) in [6.45, 7) is 1.98. The number of amides is 1. The van der Waals surface area contributed by atoms with E-state index in [0.29, 0.717) is 17.1 Å². The molecule has 1 unspecified atom stereocenters. The van der Waals surface area contributed by atoms with E-state index in [1.54, 1.807) is 42.9 Å². The maximum atomic E-state index is 12.4. The van der Waals surface area contributed by atoms with Crippen molar-refractivity contribution in [1.29, 1.82) is 0 Å². The minimum Gasteiger partial charge on any atom is -0.339 e. The van der Waals surface area contributed by atoms with Crippen molar-refractivity contribution in [2.24, 2.45) is 0 Å². The maximum Gasteiger partial charge on any atom is 0.256 e. The van der Waals surface area contributed by atoms with Crippen LogP contribution in [-0.4, -0.2) is 50.1 Å². The first-order valence-corrected chi connectivity index (χ1v) is 7.72. The second kappa shape index (κ2) is 7.12. The Kier molecular flexibility index (Phi) is 5.21. The van der Waals surface area contributed by atoms with Crippen LogP contribution < -0.4 is 0 Å². The number of aromatic nitrogens is 4. The first-order chi connectivity index (χ1) is 10.1. The number of thioether (sulfide) groups is 1. The summed E-state index contributed by atoms with van der Waals surface area (Å²) in [5.41, 5.74) is 1.35. The molecule has 2 aromatic rings. The van der Waals surface area contributed by atoms with Crippen LogP contribution in [0.2, 0.25) is 0 Å². The molecule has 6 nitrogen and oxygen atoms in total. The van der Waals surface area contributed by atoms with Gasteiger partial charge in [-0.15, -0.1) is 0 Å². The fraction of sp³-hybridized carbons (Fsp3) is 0.357. The Morgan fingerprint density at radius 3 is 2.52 bits per heavy atom. The number of hydrogen-bond acceptors (Lipinski definition) is 6. The van der Waals surface area contributed by atoms with E-state index in [4.69, 9.17) is 0 Å². The summed E-state index contributed by atoms with van der Waals surface area (Å²) in [5, 5.41) is 0.654. The second-order valence-electron chi connectivity index (χ2n) is 4.62. The highest BCUT2D eigenvalue weighted by atomic mass is 32.2. The summed E-state index contributed by atoms with van der Waals surface area (Å²) in [6, 6.07) is 0.00873. The molecule has 2 aromatic heterocycles. The van der Waals surface area contributed by atoms with Gasteiger partial charge in [-0.05, 0) is 13.2 Å². The molecule has 0 radical (unpaired) electrons. The molecule has 110 valence electrons. The molecule has 0 N–H and O–H groups in total. The molecule has 0 aliphatic heterocycles. The molecule has 0 aliphatic carbocycles. The summed E-state index contributed by atoms with van der Waals surface area (Å²) in [5.74, 6) is -0.0981. The summed E-state index contributed by atoms with van der Waals surface area (Å²) in [4.78, 5) is 30.6. The molecule has 1 atom stereocenters. The van der Waals surface area contributed by atoms with Gasteiger partial charge in [-0.2, -0.15) is 0 Å². The van der Waals surface area contributed by atoms with Crippen molar-refractivity contribution in [2.75, 3.05) is 13.3 Å². The van der Waals surface area contributed by atoms with Gasteiger partial charge in [-0.3, -0.25) is 14.8 Å². The summed E-state index contributed by atoms with van der Waals surface area (Å²) in [6.07, 6.45) is 10.7. The molecule has 1 amide bonds. The van der Waals surface area contributed by atoms with Crippen LogP contribution in [0.3, 0.4) is 0 Å². The first-order valence-electron chi connectivity index (χ1n) is 6.50. The zero-order valence-corrected chi connectivity index (χ0v) is 13.0. The van der Waals surface area contributed by atoms with Crippen LogP contribution in [0.4, 0.5) is 0 Å². The van der Waals surface area contributed by atoms with Crippen molar-refractivity contribution in [3.8, 4) is 0 Å². The van der Waals surface area contributed by atoms with Crippen LogP contribution >= 0.6 is 11.8 Å². The van der Waals surface area contributed by atoms with Crippen molar-refractivity contribution in [3.05, 3.63) is 42.2 Å². The van der Waals surface area contributed by atoms with Crippen LogP contribution in [0.1, 0.15) is 23.0 Å². The van der Waals surface area contributed by atoms with E-state index in [1.165, 1.54) is 11.8 Å². The number of nitrogens with zero attached hydrogens (tertiary/aromatic N) is 5. The Morgan fingerprint density at radius 2 is 1.95 bits per heavy atom. The smallest absolute Gasteiger partial charge is 0.256 e. The van der Waals surface area contributed by atoms with E-state index < -0.39 is 0 Å². The predicted octanol–water partition coefficient (Wildman–Crippen LogP) is 1.69. The van der Waals surface area contributed by atoms with Gasteiger partial charge >= 0.3 is 0 Å². The summed E-state index contributed by atoms with van der Waals surface area (Å²) in [7, 11) is 1.77. The minimum absolute atomic E-state index is 0.00873. The van der Waals surface area contributed by atoms with Crippen LogP contribution in [0.25, 0.3) is 0 Å². The summed E-state index contributed by atoms with van der Waals surface area (Å²) >= 11 is 1.44. The quantitative estimate of drug-likeness (QED) is 0.618. The summed E-state index contributed by atoms with van der Waals surface area (Å²) < 4.78 is 0. The molecule has 21 heavy (non-hydrogen) atoms. The molecule has 0 saturated carbocycles. The Hall–Kier alpha value is -2.02. The molecule has 0 saturated heterocycles. The maximum absolute atomic E-state index is 12.4. The molecule has 0 fully saturated rings. The lowest BCUT2D eigenvalue weighted by molar-refractivity contribution is 0.0741. The van der Waals surface area contributed by atoms with Gasteiger partial charge in [-0.25, -0.2) is 9.97 Å². The molecule has 0 aliphatic rings. The fourth-order valence-electron chi connectivity index (χ4n) is 1.81. The molecule has 2 heterocycles. The zero-order valence-electron chi connectivity index (χ0n) is 12.2. The van der Waals surface area contributed by atoms with Crippen molar-refractivity contribution in [1.82, 2.24) is 24.8 Å². The molecular formula is C14H17N5OS. The number of likely N-dealkylation sites (N-methyl/N-ethyl adjacent to an activating group) is 1. The highest BCUT2D eigenvalue weighted by Gasteiger charge is 2.19. The van der Waals surface area contributed by atoms with Crippen molar-refractivity contribution in [2.45, 2.75) is 24.5 Å². The van der Waals surface area contributed by atoms with Gasteiger partial charge in [0.05, 0.1) is 11.3 Å². The average molecular weight is 303 g/mol. The van der Waals surface area contributed by atoms with Crippen LogP contribution in [0.5, 0.6) is 0 Å². The van der Waals surface area contributed by atoms with Crippen LogP contribution in [0, 0.1) is 0 Å². The average Bonchev–Trinajstić information content (AvgIpc) is 2.54. The van der Waals surface area contributed by atoms with Gasteiger partial charge in [0.15, 0.2) is 5.16 Å². The Bertz CT molecular complexity index is 590. The SMILES string of the molecule is CSc1ncc(C(=O)N(C)C(C)Cc2cnccn2)cn1. The normalized spacial score (nSPS) is 12.0. The number of hydrogen-bond donors (Lipinski definition) is 0. The topological polar surface area (TPSA) is 71.9 Å². The largest absolute Gasteiger partial charge is 0.339 e. The van der Waals surface area contributed by atoms with E-state index in [-0.39, 0.29) is 11.9 Å². The molecule has 7 heteroatoms. The standard InChI is InChI=1S/C14H17N5OS/c1-10(6-12-9-15-4-5-16-12)19(2)13(20)11-7-17-14(21-3)18-8-11/h4-5,7-10H,6H2,1-3H3. The lowest BCUT2D eigenvalue weighted by Crippen LogP contribution is -2.36. The van der Waals surface area contributed by atoms with Crippen molar-refractivity contribution < 1.29 is 4.79 Å².